The van der Waals surface area contributed by atoms with Crippen molar-refractivity contribution in [3.63, 3.8) is 0 Å². The zero-order chi connectivity index (χ0) is 23.5. The van der Waals surface area contributed by atoms with Crippen molar-refractivity contribution >= 4 is 28.3 Å². The van der Waals surface area contributed by atoms with E-state index in [0.29, 0.717) is 35.5 Å². The monoisotopic (exact) mass is 474 g/mol. The van der Waals surface area contributed by atoms with Crippen LogP contribution in [0.3, 0.4) is 0 Å². The van der Waals surface area contributed by atoms with Crippen molar-refractivity contribution in [3.8, 4) is 11.3 Å². The van der Waals surface area contributed by atoms with Crippen LogP contribution in [0.2, 0.25) is 5.02 Å². The van der Waals surface area contributed by atoms with Crippen LogP contribution >= 0.6 is 11.6 Å². The van der Waals surface area contributed by atoms with Gasteiger partial charge in [0, 0.05) is 30.1 Å². The fourth-order valence-corrected chi connectivity index (χ4v) is 4.75. The number of fused-ring (bicyclic) bond motifs is 2. The fraction of sp³-hybridized carbons (Fsp3) is 0.458. The quantitative estimate of drug-likeness (QED) is 0.558. The van der Waals surface area contributed by atoms with E-state index in [2.05, 4.69) is 9.97 Å². The van der Waals surface area contributed by atoms with Crippen molar-refractivity contribution in [1.29, 1.82) is 0 Å². The standard InChI is InChI=1S/C24H25ClF2N4O2/c1-24(2,3)33-18-12-30(11-17(18)27)20-10-15-22(28-19-5-4-8-31(19)23(15)32)21(29-20)14-7-6-13(25)9-16(14)26/h6-7,9-10,17-18H,4-5,8,11-12H2,1-3H3/t17-,18-/m1/s1. The molecule has 9 heteroatoms. The number of anilines is 1. The number of hydrogen-bond donors (Lipinski definition) is 0. The van der Waals surface area contributed by atoms with E-state index < -0.39 is 23.7 Å². The zero-order valence-corrected chi connectivity index (χ0v) is 19.5. The van der Waals surface area contributed by atoms with E-state index in [0.717, 1.165) is 6.42 Å². The minimum Gasteiger partial charge on any atom is -0.368 e. The van der Waals surface area contributed by atoms with E-state index in [1.165, 1.54) is 12.1 Å². The summed E-state index contributed by atoms with van der Waals surface area (Å²) in [5.41, 5.74) is 0.101. The Kier molecular flexibility index (Phi) is 5.40. The lowest BCUT2D eigenvalue weighted by Crippen LogP contribution is -2.33. The molecule has 2 atom stereocenters. The lowest BCUT2D eigenvalue weighted by atomic mass is 10.1. The number of aryl methyl sites for hydroxylation is 1. The summed E-state index contributed by atoms with van der Waals surface area (Å²) >= 11 is 5.95. The van der Waals surface area contributed by atoms with Gasteiger partial charge >= 0.3 is 0 Å². The minimum atomic E-state index is -1.21. The summed E-state index contributed by atoms with van der Waals surface area (Å²) < 4.78 is 37.3. The molecule has 0 spiro atoms. The van der Waals surface area contributed by atoms with Gasteiger partial charge in [-0.25, -0.2) is 18.7 Å². The number of aromatic nitrogens is 3. The Hall–Kier alpha value is -2.58. The van der Waals surface area contributed by atoms with Crippen molar-refractivity contribution in [2.75, 3.05) is 18.0 Å². The molecule has 33 heavy (non-hydrogen) atoms. The van der Waals surface area contributed by atoms with Gasteiger partial charge in [0.1, 0.15) is 40.9 Å². The van der Waals surface area contributed by atoms with E-state index in [9.17, 15) is 13.6 Å². The van der Waals surface area contributed by atoms with Gasteiger partial charge in [0.05, 0.1) is 17.5 Å². The van der Waals surface area contributed by atoms with Gasteiger partial charge in [0.25, 0.3) is 5.56 Å². The molecule has 2 aliphatic heterocycles. The van der Waals surface area contributed by atoms with Crippen molar-refractivity contribution < 1.29 is 13.5 Å². The number of pyridine rings is 1. The number of hydrogen-bond acceptors (Lipinski definition) is 5. The normalized spacial score (nSPS) is 20.6. The molecule has 0 saturated carbocycles. The number of alkyl halides is 1. The zero-order valence-electron chi connectivity index (χ0n) is 18.7. The highest BCUT2D eigenvalue weighted by Crippen LogP contribution is 2.33. The molecule has 0 radical (unpaired) electrons. The molecule has 3 aromatic rings. The lowest BCUT2D eigenvalue weighted by Gasteiger charge is -2.26. The van der Waals surface area contributed by atoms with Crippen LogP contribution < -0.4 is 10.5 Å². The molecular weight excluding hydrogens is 450 g/mol. The largest absolute Gasteiger partial charge is 0.368 e. The number of benzene rings is 1. The molecular formula is C24H25ClF2N4O2. The second-order valence-corrected chi connectivity index (χ2v) is 10.1. The van der Waals surface area contributed by atoms with Crippen molar-refractivity contribution in [2.24, 2.45) is 0 Å². The summed E-state index contributed by atoms with van der Waals surface area (Å²) in [5.74, 6) is 0.503. The maximum absolute atomic E-state index is 14.9. The van der Waals surface area contributed by atoms with Crippen molar-refractivity contribution in [2.45, 2.75) is 58.0 Å². The van der Waals surface area contributed by atoms with Gasteiger partial charge in [-0.05, 0) is 51.5 Å². The molecule has 1 fully saturated rings. The van der Waals surface area contributed by atoms with Crippen LogP contribution in [0.25, 0.3) is 22.2 Å². The van der Waals surface area contributed by atoms with Crippen LogP contribution in [-0.2, 0) is 17.7 Å². The van der Waals surface area contributed by atoms with Crippen molar-refractivity contribution in [3.05, 3.63) is 51.3 Å². The van der Waals surface area contributed by atoms with Crippen LogP contribution in [0, 0.1) is 5.82 Å². The molecule has 0 amide bonds. The highest BCUT2D eigenvalue weighted by Gasteiger charge is 2.37. The molecule has 0 bridgehead atoms. The molecule has 0 aliphatic carbocycles. The first-order chi connectivity index (χ1) is 15.6. The smallest absolute Gasteiger partial charge is 0.261 e. The fourth-order valence-electron chi connectivity index (χ4n) is 4.59. The predicted octanol–water partition coefficient (Wildman–Crippen LogP) is 4.54. The third kappa shape index (κ3) is 4.10. The minimum absolute atomic E-state index is 0.0709. The molecule has 0 N–H and O–H groups in total. The van der Waals surface area contributed by atoms with E-state index >= 15 is 0 Å². The number of rotatable bonds is 3. The highest BCUT2D eigenvalue weighted by atomic mass is 35.5. The van der Waals surface area contributed by atoms with Gasteiger partial charge in [-0.1, -0.05) is 11.6 Å². The predicted molar refractivity (Wildman–Crippen MR) is 124 cm³/mol. The maximum atomic E-state index is 14.9. The Balaban J connectivity index is 1.67. The van der Waals surface area contributed by atoms with Gasteiger partial charge in [0.15, 0.2) is 0 Å². The number of nitrogens with zero attached hydrogens (tertiary/aromatic N) is 4. The molecule has 4 heterocycles. The Morgan fingerprint density at radius 3 is 2.70 bits per heavy atom. The highest BCUT2D eigenvalue weighted by molar-refractivity contribution is 6.30. The Morgan fingerprint density at radius 1 is 1.18 bits per heavy atom. The summed E-state index contributed by atoms with van der Waals surface area (Å²) in [6.07, 6.45) is -0.337. The second kappa shape index (κ2) is 8.02. The van der Waals surface area contributed by atoms with Gasteiger partial charge < -0.3 is 9.64 Å². The van der Waals surface area contributed by atoms with Gasteiger partial charge in [0.2, 0.25) is 0 Å². The third-order valence-corrected chi connectivity index (χ3v) is 6.24. The van der Waals surface area contributed by atoms with Crippen LogP contribution in [0.15, 0.2) is 29.1 Å². The van der Waals surface area contributed by atoms with E-state index in [-0.39, 0.29) is 34.9 Å². The molecule has 2 aliphatic rings. The van der Waals surface area contributed by atoms with E-state index in [1.54, 1.807) is 21.6 Å². The van der Waals surface area contributed by atoms with Crippen LogP contribution in [0.4, 0.5) is 14.6 Å². The molecule has 1 aromatic carbocycles. The summed E-state index contributed by atoms with van der Waals surface area (Å²) in [5, 5.41) is 0.596. The molecule has 2 aromatic heterocycles. The summed E-state index contributed by atoms with van der Waals surface area (Å²) in [6, 6.07) is 5.95. The van der Waals surface area contributed by atoms with Gasteiger partial charge in [-0.2, -0.15) is 0 Å². The Morgan fingerprint density at radius 2 is 1.97 bits per heavy atom. The van der Waals surface area contributed by atoms with Crippen LogP contribution in [-0.4, -0.2) is 45.5 Å². The average molecular weight is 475 g/mol. The van der Waals surface area contributed by atoms with Crippen molar-refractivity contribution in [1.82, 2.24) is 14.5 Å². The summed E-state index contributed by atoms with van der Waals surface area (Å²) in [7, 11) is 0. The van der Waals surface area contributed by atoms with Crippen LogP contribution in [0.5, 0.6) is 0 Å². The average Bonchev–Trinajstić information content (AvgIpc) is 3.34. The molecule has 5 rings (SSSR count). The van der Waals surface area contributed by atoms with Crippen LogP contribution in [0.1, 0.15) is 33.0 Å². The molecule has 1 saturated heterocycles. The Labute approximate surface area is 195 Å². The first kappa shape index (κ1) is 22.2. The number of ether oxygens (including phenoxy) is 1. The Bertz CT molecular complexity index is 1300. The van der Waals surface area contributed by atoms with E-state index in [1.807, 2.05) is 20.8 Å². The molecule has 0 unspecified atom stereocenters. The number of halogens is 3. The third-order valence-electron chi connectivity index (χ3n) is 6.00. The first-order valence-electron chi connectivity index (χ1n) is 11.1. The van der Waals surface area contributed by atoms with Gasteiger partial charge in [-0.3, -0.25) is 9.36 Å². The lowest BCUT2D eigenvalue weighted by molar-refractivity contribution is -0.0730. The maximum Gasteiger partial charge on any atom is 0.261 e. The molecule has 6 nitrogen and oxygen atoms in total. The second-order valence-electron chi connectivity index (χ2n) is 9.63. The van der Waals surface area contributed by atoms with Gasteiger partial charge in [-0.15, -0.1) is 0 Å². The topological polar surface area (TPSA) is 60.2 Å². The van der Waals surface area contributed by atoms with E-state index in [4.69, 9.17) is 16.3 Å². The SMILES string of the molecule is CC(C)(C)O[C@@H]1CN(c2cc3c(=O)n4c(nc3c(-c3ccc(Cl)cc3F)n2)CCC4)C[C@H]1F. The molecule has 174 valence electrons. The summed E-state index contributed by atoms with van der Waals surface area (Å²) in [4.78, 5) is 24.4. The first-order valence-corrected chi connectivity index (χ1v) is 11.5. The summed E-state index contributed by atoms with van der Waals surface area (Å²) in [6.45, 7) is 6.58.